The van der Waals surface area contributed by atoms with Crippen molar-refractivity contribution in [2.24, 2.45) is 5.92 Å². The molecule has 0 spiro atoms. The van der Waals surface area contributed by atoms with Crippen LogP contribution in [0.1, 0.15) is 50.0 Å². The second-order valence-corrected chi connectivity index (χ2v) is 8.40. The maximum Gasteiger partial charge on any atom is 0.270 e. The molecule has 6 nitrogen and oxygen atoms in total. The number of hydrogen-bond donors (Lipinski definition) is 2. The van der Waals surface area contributed by atoms with E-state index in [1.807, 2.05) is 13.8 Å². The number of carbonyl (C=O) groups is 2. The van der Waals surface area contributed by atoms with E-state index in [9.17, 15) is 22.8 Å². The number of rotatable bonds is 5. The molecule has 0 bridgehead atoms. The molecule has 1 aromatic carbocycles. The Morgan fingerprint density at radius 1 is 1.28 bits per heavy atom. The van der Waals surface area contributed by atoms with Gasteiger partial charge in [0.2, 0.25) is 0 Å². The van der Waals surface area contributed by atoms with E-state index in [0.29, 0.717) is 44.5 Å². The Kier molecular flexibility index (Phi) is 6.17. The van der Waals surface area contributed by atoms with Gasteiger partial charge < -0.3 is 19.9 Å². The molecule has 2 atom stereocenters. The number of aromatic nitrogens is 1. The summed E-state index contributed by atoms with van der Waals surface area (Å²) in [6.07, 6.45) is 2.86. The lowest BCUT2D eigenvalue weighted by Gasteiger charge is -2.25. The van der Waals surface area contributed by atoms with Crippen LogP contribution in [0.5, 0.6) is 0 Å². The quantitative estimate of drug-likeness (QED) is 0.677. The van der Waals surface area contributed by atoms with E-state index in [0.717, 1.165) is 18.2 Å². The third kappa shape index (κ3) is 4.08. The molecular formula is C23H26F3N3O3. The summed E-state index contributed by atoms with van der Waals surface area (Å²) < 4.78 is 46.6. The molecule has 1 saturated heterocycles. The average Bonchev–Trinajstić information content (AvgIpc) is 3.45. The summed E-state index contributed by atoms with van der Waals surface area (Å²) in [6, 6.07) is 1.88. The molecule has 2 aliphatic heterocycles. The van der Waals surface area contributed by atoms with Gasteiger partial charge in [0.25, 0.3) is 11.8 Å². The lowest BCUT2D eigenvalue weighted by Crippen LogP contribution is -2.41. The Labute approximate surface area is 183 Å². The van der Waals surface area contributed by atoms with Crippen LogP contribution < -0.4 is 5.32 Å². The summed E-state index contributed by atoms with van der Waals surface area (Å²) in [5.74, 6) is -3.92. The van der Waals surface area contributed by atoms with Crippen LogP contribution in [0, 0.1) is 23.4 Å². The van der Waals surface area contributed by atoms with Gasteiger partial charge in [0.05, 0.1) is 17.7 Å². The van der Waals surface area contributed by atoms with E-state index >= 15 is 0 Å². The number of hydrogen-bond acceptors (Lipinski definition) is 3. The van der Waals surface area contributed by atoms with Crippen LogP contribution in [0.25, 0.3) is 10.9 Å². The van der Waals surface area contributed by atoms with Gasteiger partial charge in [-0.25, -0.2) is 13.2 Å². The van der Waals surface area contributed by atoms with Crippen LogP contribution in [-0.4, -0.2) is 47.4 Å². The number of aromatic amines is 1. The van der Waals surface area contributed by atoms with Crippen molar-refractivity contribution in [2.75, 3.05) is 19.7 Å². The van der Waals surface area contributed by atoms with E-state index in [4.69, 9.17) is 4.74 Å². The second-order valence-electron chi connectivity index (χ2n) is 8.40. The highest BCUT2D eigenvalue weighted by atomic mass is 19.2. The van der Waals surface area contributed by atoms with Gasteiger partial charge in [-0.2, -0.15) is 0 Å². The zero-order valence-electron chi connectivity index (χ0n) is 18.1. The zero-order valence-corrected chi connectivity index (χ0v) is 18.1. The first-order valence-electron chi connectivity index (χ1n) is 10.9. The first-order valence-corrected chi connectivity index (χ1v) is 10.9. The van der Waals surface area contributed by atoms with Gasteiger partial charge in [0.15, 0.2) is 17.5 Å². The Morgan fingerprint density at radius 2 is 2.06 bits per heavy atom. The van der Waals surface area contributed by atoms with Gasteiger partial charge in [-0.1, -0.05) is 6.92 Å². The summed E-state index contributed by atoms with van der Waals surface area (Å²) in [6.45, 7) is 5.38. The number of halogens is 3. The Balaban J connectivity index is 1.42. The largest absolute Gasteiger partial charge is 0.497 e. The average molecular weight is 449 g/mol. The Morgan fingerprint density at radius 3 is 2.81 bits per heavy atom. The summed E-state index contributed by atoms with van der Waals surface area (Å²) in [4.78, 5) is 29.9. The number of fused-ring (bicyclic) bond motifs is 1. The minimum absolute atomic E-state index is 0.0239. The number of nitrogens with zero attached hydrogens (tertiary/aromatic N) is 1. The molecule has 0 aliphatic carbocycles. The second kappa shape index (κ2) is 8.88. The fraction of sp³-hybridized carbons (Fsp3) is 0.478. The van der Waals surface area contributed by atoms with E-state index in [2.05, 4.69) is 10.3 Å². The molecule has 0 radical (unpaired) electrons. The van der Waals surface area contributed by atoms with Crippen molar-refractivity contribution in [1.82, 2.24) is 15.2 Å². The van der Waals surface area contributed by atoms with Crippen LogP contribution in [-0.2, 0) is 9.53 Å². The van der Waals surface area contributed by atoms with Gasteiger partial charge in [-0.15, -0.1) is 0 Å². The van der Waals surface area contributed by atoms with Crippen molar-refractivity contribution in [3.05, 3.63) is 46.6 Å². The third-order valence-corrected chi connectivity index (χ3v) is 6.35. The highest BCUT2D eigenvalue weighted by molar-refractivity contribution is 5.98. The smallest absolute Gasteiger partial charge is 0.270 e. The third-order valence-electron chi connectivity index (χ3n) is 6.35. The number of nitrogens with one attached hydrogen (secondary N) is 2. The van der Waals surface area contributed by atoms with Crippen molar-refractivity contribution in [2.45, 2.75) is 45.6 Å². The minimum Gasteiger partial charge on any atom is -0.497 e. The number of allylic oxidation sites excluding steroid dienone is 1. The lowest BCUT2D eigenvalue weighted by atomic mass is 9.99. The molecule has 4 rings (SSSR count). The Bertz CT molecular complexity index is 1100. The molecule has 2 aliphatic rings. The summed E-state index contributed by atoms with van der Waals surface area (Å²) in [5.41, 5.74) is 0.783. The van der Waals surface area contributed by atoms with E-state index in [1.54, 1.807) is 4.90 Å². The molecule has 2 amide bonds. The number of amides is 2. The molecule has 9 heteroatoms. The number of ether oxygens (including phenoxy) is 1. The molecule has 172 valence electrons. The molecule has 3 heterocycles. The summed E-state index contributed by atoms with van der Waals surface area (Å²) >= 11 is 0. The highest BCUT2D eigenvalue weighted by Crippen LogP contribution is 2.27. The number of benzene rings is 1. The van der Waals surface area contributed by atoms with Crippen molar-refractivity contribution in [3.8, 4) is 0 Å². The van der Waals surface area contributed by atoms with Gasteiger partial charge in [-0.05, 0) is 38.2 Å². The summed E-state index contributed by atoms with van der Waals surface area (Å²) in [7, 11) is 0. The molecular weight excluding hydrogens is 423 g/mol. The van der Waals surface area contributed by atoms with Crippen molar-refractivity contribution in [3.63, 3.8) is 0 Å². The normalized spacial score (nSPS) is 19.9. The van der Waals surface area contributed by atoms with Gasteiger partial charge in [0, 0.05) is 37.0 Å². The lowest BCUT2D eigenvalue weighted by molar-refractivity contribution is -0.119. The SMILES string of the molecule is CCC1=C(C(=O)NC(C)C2CCN(C(=O)c3cc4c(F)c(F)c(F)cc4[nH]3)C2)CCCO1. The van der Waals surface area contributed by atoms with Gasteiger partial charge >= 0.3 is 0 Å². The van der Waals surface area contributed by atoms with E-state index in [1.165, 1.54) is 6.07 Å². The molecule has 1 fully saturated rings. The topological polar surface area (TPSA) is 74.4 Å². The predicted molar refractivity (Wildman–Crippen MR) is 112 cm³/mol. The van der Waals surface area contributed by atoms with Crippen LogP contribution >= 0.6 is 0 Å². The fourth-order valence-electron chi connectivity index (χ4n) is 4.48. The maximum atomic E-state index is 14.0. The number of H-pyrrole nitrogens is 1. The monoisotopic (exact) mass is 449 g/mol. The van der Waals surface area contributed by atoms with Gasteiger partial charge in [0.1, 0.15) is 11.5 Å². The molecule has 2 N–H and O–H groups in total. The van der Waals surface area contributed by atoms with Crippen LogP contribution in [0.4, 0.5) is 13.2 Å². The molecule has 32 heavy (non-hydrogen) atoms. The van der Waals surface area contributed by atoms with E-state index < -0.39 is 17.5 Å². The highest BCUT2D eigenvalue weighted by Gasteiger charge is 2.33. The molecule has 0 saturated carbocycles. The molecule has 1 aromatic heterocycles. The van der Waals surface area contributed by atoms with Crippen LogP contribution in [0.3, 0.4) is 0 Å². The van der Waals surface area contributed by atoms with Crippen LogP contribution in [0.15, 0.2) is 23.5 Å². The maximum absolute atomic E-state index is 14.0. The summed E-state index contributed by atoms with van der Waals surface area (Å²) in [5, 5.41) is 2.87. The first-order chi connectivity index (χ1) is 15.3. The fourth-order valence-corrected chi connectivity index (χ4v) is 4.48. The van der Waals surface area contributed by atoms with Crippen molar-refractivity contribution in [1.29, 1.82) is 0 Å². The number of carbonyl (C=O) groups excluding carboxylic acids is 2. The zero-order chi connectivity index (χ0) is 23.0. The van der Waals surface area contributed by atoms with Crippen LogP contribution in [0.2, 0.25) is 0 Å². The van der Waals surface area contributed by atoms with Crippen molar-refractivity contribution >= 4 is 22.7 Å². The van der Waals surface area contributed by atoms with Gasteiger partial charge in [-0.3, -0.25) is 9.59 Å². The minimum atomic E-state index is -1.56. The molecule has 2 aromatic rings. The first kappa shape index (κ1) is 22.2. The molecule has 2 unspecified atom stereocenters. The number of likely N-dealkylation sites (tertiary alicyclic amines) is 1. The van der Waals surface area contributed by atoms with Crippen molar-refractivity contribution < 1.29 is 27.5 Å². The predicted octanol–water partition coefficient (Wildman–Crippen LogP) is 4.03. The van der Waals surface area contributed by atoms with E-state index in [-0.39, 0.29) is 40.4 Å². The standard InChI is InChI=1S/C23H26F3N3O3/c1-3-19-14(5-4-8-32-19)22(30)27-12(2)13-6-7-29(11-13)23(31)18-9-15-17(28-18)10-16(24)21(26)20(15)25/h9-10,12-13,28H,3-8,11H2,1-2H3,(H,27,30). The Hall–Kier alpha value is -2.97.